The van der Waals surface area contributed by atoms with Crippen LogP contribution in [0.4, 0.5) is 0 Å². The van der Waals surface area contributed by atoms with E-state index in [1.807, 2.05) is 20.8 Å². The molecule has 2 rings (SSSR count). The van der Waals surface area contributed by atoms with Crippen LogP contribution in [0, 0.1) is 0 Å². The lowest BCUT2D eigenvalue weighted by Crippen LogP contribution is -2.13. The smallest absolute Gasteiger partial charge is 0.261 e. The number of ether oxygens (including phenoxy) is 1. The molecule has 0 aliphatic heterocycles. The molecular weight excluding hydrogens is 232 g/mol. The van der Waals surface area contributed by atoms with Crippen molar-refractivity contribution in [1.29, 1.82) is 0 Å². The van der Waals surface area contributed by atoms with E-state index in [0.29, 0.717) is 17.1 Å². The fourth-order valence-electron chi connectivity index (χ4n) is 1.45. The Kier molecular flexibility index (Phi) is 2.98. The van der Waals surface area contributed by atoms with Crippen molar-refractivity contribution in [3.8, 4) is 23.0 Å². The highest BCUT2D eigenvalue weighted by molar-refractivity contribution is 5.64. The van der Waals surface area contributed by atoms with Gasteiger partial charge in [-0.05, 0) is 18.2 Å². The van der Waals surface area contributed by atoms with Crippen LogP contribution >= 0.6 is 0 Å². The second-order valence-corrected chi connectivity index (χ2v) is 5.06. The first-order valence-electron chi connectivity index (χ1n) is 5.63. The number of benzene rings is 1. The summed E-state index contributed by atoms with van der Waals surface area (Å²) in [6.07, 6.45) is 0. The van der Waals surface area contributed by atoms with E-state index in [4.69, 9.17) is 9.26 Å². The van der Waals surface area contributed by atoms with E-state index >= 15 is 0 Å². The SMILES string of the molecule is COc1ccc(O)c(-c2nc(C(C)(C)C)no2)c1. The van der Waals surface area contributed by atoms with Crippen molar-refractivity contribution in [3.63, 3.8) is 0 Å². The Hall–Kier alpha value is -2.04. The molecule has 2 aromatic rings. The third-order valence-electron chi connectivity index (χ3n) is 2.53. The van der Waals surface area contributed by atoms with Gasteiger partial charge in [0.05, 0.1) is 12.7 Å². The molecule has 0 atom stereocenters. The first-order valence-corrected chi connectivity index (χ1v) is 5.63. The van der Waals surface area contributed by atoms with Crippen molar-refractivity contribution in [2.45, 2.75) is 26.2 Å². The maximum absolute atomic E-state index is 9.81. The highest BCUT2D eigenvalue weighted by Crippen LogP contribution is 2.32. The summed E-state index contributed by atoms with van der Waals surface area (Å²) in [6, 6.07) is 4.87. The molecule has 1 aromatic carbocycles. The molecule has 18 heavy (non-hydrogen) atoms. The normalized spacial score (nSPS) is 11.6. The van der Waals surface area contributed by atoms with Gasteiger partial charge in [-0.15, -0.1) is 0 Å². The van der Waals surface area contributed by atoms with Gasteiger partial charge >= 0.3 is 0 Å². The number of rotatable bonds is 2. The molecule has 1 N–H and O–H groups in total. The van der Waals surface area contributed by atoms with Crippen LogP contribution in [0.25, 0.3) is 11.5 Å². The largest absolute Gasteiger partial charge is 0.507 e. The second-order valence-electron chi connectivity index (χ2n) is 5.06. The predicted molar refractivity (Wildman–Crippen MR) is 66.7 cm³/mol. The highest BCUT2D eigenvalue weighted by Gasteiger charge is 2.22. The quantitative estimate of drug-likeness (QED) is 0.885. The van der Waals surface area contributed by atoms with Crippen LogP contribution < -0.4 is 4.74 Å². The Morgan fingerprint density at radius 2 is 2.00 bits per heavy atom. The summed E-state index contributed by atoms with van der Waals surface area (Å²) in [5, 5.41) is 13.7. The first kappa shape index (κ1) is 12.4. The van der Waals surface area contributed by atoms with E-state index in [9.17, 15) is 5.11 Å². The van der Waals surface area contributed by atoms with Gasteiger partial charge in [0, 0.05) is 5.41 Å². The average molecular weight is 248 g/mol. The minimum atomic E-state index is -0.198. The van der Waals surface area contributed by atoms with Gasteiger partial charge in [-0.25, -0.2) is 0 Å². The fraction of sp³-hybridized carbons (Fsp3) is 0.385. The maximum atomic E-state index is 9.81. The summed E-state index contributed by atoms with van der Waals surface area (Å²) in [7, 11) is 1.56. The van der Waals surface area contributed by atoms with E-state index in [-0.39, 0.29) is 17.1 Å². The third kappa shape index (κ3) is 2.30. The van der Waals surface area contributed by atoms with Crippen LogP contribution in [-0.4, -0.2) is 22.4 Å². The number of nitrogens with zero attached hydrogens (tertiary/aromatic N) is 2. The molecule has 1 aromatic heterocycles. The molecular formula is C13H16N2O3. The van der Waals surface area contributed by atoms with Crippen molar-refractivity contribution in [1.82, 2.24) is 10.1 Å². The van der Waals surface area contributed by atoms with Gasteiger partial charge in [-0.3, -0.25) is 0 Å². The fourth-order valence-corrected chi connectivity index (χ4v) is 1.45. The molecule has 0 saturated carbocycles. The molecule has 0 unspecified atom stereocenters. The second kappa shape index (κ2) is 4.33. The van der Waals surface area contributed by atoms with Crippen LogP contribution in [0.5, 0.6) is 11.5 Å². The molecule has 96 valence electrons. The minimum absolute atomic E-state index is 0.0832. The maximum Gasteiger partial charge on any atom is 0.261 e. The molecule has 5 nitrogen and oxygen atoms in total. The Balaban J connectivity index is 2.45. The van der Waals surface area contributed by atoms with Crippen LogP contribution in [0.3, 0.4) is 0 Å². The summed E-state index contributed by atoms with van der Waals surface area (Å²) in [5.74, 6) is 1.59. The van der Waals surface area contributed by atoms with Gasteiger partial charge in [0.2, 0.25) is 0 Å². The molecule has 0 bridgehead atoms. The van der Waals surface area contributed by atoms with Crippen LogP contribution in [0.2, 0.25) is 0 Å². The molecule has 5 heteroatoms. The zero-order valence-electron chi connectivity index (χ0n) is 10.9. The van der Waals surface area contributed by atoms with Gasteiger partial charge < -0.3 is 14.4 Å². The van der Waals surface area contributed by atoms with Gasteiger partial charge in [0.1, 0.15) is 11.5 Å². The zero-order chi connectivity index (χ0) is 13.3. The van der Waals surface area contributed by atoms with Gasteiger partial charge in [-0.1, -0.05) is 25.9 Å². The Morgan fingerprint density at radius 3 is 2.56 bits per heavy atom. The van der Waals surface area contributed by atoms with Crippen molar-refractivity contribution >= 4 is 0 Å². The van der Waals surface area contributed by atoms with E-state index in [2.05, 4.69) is 10.1 Å². The number of phenolic OH excluding ortho intramolecular Hbond substituents is 1. The highest BCUT2D eigenvalue weighted by atomic mass is 16.5. The summed E-state index contributed by atoms with van der Waals surface area (Å²) in [4.78, 5) is 4.29. The average Bonchev–Trinajstić information content (AvgIpc) is 2.78. The number of hydrogen-bond donors (Lipinski definition) is 1. The number of phenols is 1. The van der Waals surface area contributed by atoms with Crippen molar-refractivity contribution in [3.05, 3.63) is 24.0 Å². The lowest BCUT2D eigenvalue weighted by Gasteiger charge is -2.10. The molecule has 0 amide bonds. The number of methoxy groups -OCH3 is 1. The number of aromatic nitrogens is 2. The summed E-state index contributed by atoms with van der Waals surface area (Å²) in [5.41, 5.74) is 0.272. The Labute approximate surface area is 105 Å². The minimum Gasteiger partial charge on any atom is -0.507 e. The van der Waals surface area contributed by atoms with Crippen molar-refractivity contribution in [2.24, 2.45) is 0 Å². The topological polar surface area (TPSA) is 68.4 Å². The molecule has 0 radical (unpaired) electrons. The van der Waals surface area contributed by atoms with Crippen LogP contribution in [-0.2, 0) is 5.41 Å². The molecule has 0 fully saturated rings. The molecule has 0 saturated heterocycles. The molecule has 0 aliphatic rings. The lowest BCUT2D eigenvalue weighted by atomic mass is 9.96. The van der Waals surface area contributed by atoms with Crippen LogP contribution in [0.15, 0.2) is 22.7 Å². The number of aromatic hydroxyl groups is 1. The first-order chi connectivity index (χ1) is 8.41. The van der Waals surface area contributed by atoms with E-state index < -0.39 is 0 Å². The van der Waals surface area contributed by atoms with E-state index in [1.54, 1.807) is 19.2 Å². The van der Waals surface area contributed by atoms with Crippen molar-refractivity contribution < 1.29 is 14.4 Å². The standard InChI is InChI=1S/C13H16N2O3/c1-13(2,3)12-14-11(18-15-12)9-7-8(17-4)5-6-10(9)16/h5-7,16H,1-4H3. The monoisotopic (exact) mass is 248 g/mol. The van der Waals surface area contributed by atoms with Crippen LogP contribution in [0.1, 0.15) is 26.6 Å². The summed E-state index contributed by atoms with van der Waals surface area (Å²) >= 11 is 0. The summed E-state index contributed by atoms with van der Waals surface area (Å²) < 4.78 is 10.3. The van der Waals surface area contributed by atoms with Gasteiger partial charge in [0.25, 0.3) is 5.89 Å². The molecule has 0 spiro atoms. The summed E-state index contributed by atoms with van der Waals surface area (Å²) in [6.45, 7) is 5.98. The lowest BCUT2D eigenvalue weighted by molar-refractivity contribution is 0.397. The third-order valence-corrected chi connectivity index (χ3v) is 2.53. The van der Waals surface area contributed by atoms with Gasteiger partial charge in [0.15, 0.2) is 5.82 Å². The molecule has 1 heterocycles. The Bertz CT molecular complexity index is 556. The Morgan fingerprint density at radius 1 is 1.28 bits per heavy atom. The molecule has 0 aliphatic carbocycles. The van der Waals surface area contributed by atoms with Crippen molar-refractivity contribution in [2.75, 3.05) is 7.11 Å². The van der Waals surface area contributed by atoms with Gasteiger partial charge in [-0.2, -0.15) is 4.98 Å². The zero-order valence-corrected chi connectivity index (χ0v) is 10.9. The predicted octanol–water partition coefficient (Wildman–Crippen LogP) is 2.75. The van der Waals surface area contributed by atoms with E-state index in [1.165, 1.54) is 6.07 Å². The number of hydrogen-bond acceptors (Lipinski definition) is 5. The van der Waals surface area contributed by atoms with E-state index in [0.717, 1.165) is 0 Å².